The minimum atomic E-state index is 0.605. The Balaban J connectivity index is 1.84. The third-order valence-electron chi connectivity index (χ3n) is 3.40. The third-order valence-corrected chi connectivity index (χ3v) is 3.40. The molecule has 0 bridgehead atoms. The van der Waals surface area contributed by atoms with Crippen molar-refractivity contribution in [3.05, 3.63) is 47.3 Å². The highest BCUT2D eigenvalue weighted by Crippen LogP contribution is 2.12. The zero-order valence-electron chi connectivity index (χ0n) is 12.3. The maximum absolute atomic E-state index is 5.91. The number of hydrogen-bond acceptors (Lipinski definition) is 3. The summed E-state index contributed by atoms with van der Waals surface area (Å²) in [4.78, 5) is 0. The summed E-state index contributed by atoms with van der Waals surface area (Å²) >= 11 is 0. The van der Waals surface area contributed by atoms with E-state index in [1.165, 1.54) is 0 Å². The Bertz CT molecular complexity index is 548. The van der Waals surface area contributed by atoms with Crippen LogP contribution in [0.1, 0.15) is 30.8 Å². The van der Waals surface area contributed by atoms with Crippen LogP contribution < -0.4 is 5.73 Å². The van der Waals surface area contributed by atoms with E-state index in [-0.39, 0.29) is 0 Å². The second kappa shape index (κ2) is 7.10. The molecule has 1 aromatic heterocycles. The molecule has 108 valence electrons. The van der Waals surface area contributed by atoms with Crippen LogP contribution in [-0.2, 0) is 30.7 Å². The summed E-state index contributed by atoms with van der Waals surface area (Å²) in [6.07, 6.45) is 1.80. The lowest BCUT2D eigenvalue weighted by Crippen LogP contribution is -2.07. The van der Waals surface area contributed by atoms with E-state index >= 15 is 0 Å². The molecule has 2 N–H and O–H groups in total. The van der Waals surface area contributed by atoms with Crippen LogP contribution in [0.2, 0.25) is 0 Å². The Morgan fingerprint density at radius 2 is 2.05 bits per heavy atom. The van der Waals surface area contributed by atoms with Crippen LogP contribution in [0.5, 0.6) is 0 Å². The second-order valence-electron chi connectivity index (χ2n) is 4.80. The van der Waals surface area contributed by atoms with E-state index < -0.39 is 0 Å². The number of nitrogens with zero attached hydrogens (tertiary/aromatic N) is 2. The van der Waals surface area contributed by atoms with Crippen LogP contribution in [0.25, 0.3) is 0 Å². The van der Waals surface area contributed by atoms with Crippen molar-refractivity contribution in [3.63, 3.8) is 0 Å². The van der Waals surface area contributed by atoms with Gasteiger partial charge in [0.05, 0.1) is 24.6 Å². The first kappa shape index (κ1) is 14.6. The Morgan fingerprint density at radius 1 is 1.25 bits per heavy atom. The minimum Gasteiger partial charge on any atom is -0.399 e. The summed E-state index contributed by atoms with van der Waals surface area (Å²) in [7, 11) is 0. The van der Waals surface area contributed by atoms with Crippen molar-refractivity contribution in [3.8, 4) is 0 Å². The number of anilines is 1. The number of nitrogen functional groups attached to an aromatic ring is 1. The normalized spacial score (nSPS) is 10.9. The van der Waals surface area contributed by atoms with Gasteiger partial charge in [0.1, 0.15) is 0 Å². The average molecular weight is 273 g/mol. The lowest BCUT2D eigenvalue weighted by atomic mass is 10.1. The van der Waals surface area contributed by atoms with Crippen LogP contribution in [0, 0.1) is 0 Å². The van der Waals surface area contributed by atoms with E-state index in [0.29, 0.717) is 13.2 Å². The molecule has 0 spiro atoms. The van der Waals surface area contributed by atoms with E-state index in [2.05, 4.69) is 25.0 Å². The number of aryl methyl sites for hydroxylation is 2. The van der Waals surface area contributed by atoms with Crippen molar-refractivity contribution >= 4 is 5.69 Å². The summed E-state index contributed by atoms with van der Waals surface area (Å²) in [5, 5.41) is 4.51. The van der Waals surface area contributed by atoms with Gasteiger partial charge in [0, 0.05) is 12.2 Å². The molecule has 0 saturated heterocycles. The maximum Gasteiger partial charge on any atom is 0.0885 e. The third kappa shape index (κ3) is 3.61. The Hall–Kier alpha value is -1.81. The Labute approximate surface area is 120 Å². The molecule has 0 fully saturated rings. The molecule has 0 saturated carbocycles. The average Bonchev–Trinajstić information content (AvgIpc) is 2.88. The largest absolute Gasteiger partial charge is 0.399 e. The van der Waals surface area contributed by atoms with Gasteiger partial charge in [-0.25, -0.2) is 0 Å². The molecule has 20 heavy (non-hydrogen) atoms. The van der Waals surface area contributed by atoms with Crippen LogP contribution in [0.3, 0.4) is 0 Å². The fraction of sp³-hybridized carbons (Fsp3) is 0.438. The molecule has 0 aliphatic rings. The second-order valence-corrected chi connectivity index (χ2v) is 4.80. The number of hydrogen-bond donors (Lipinski definition) is 1. The monoisotopic (exact) mass is 273 g/mol. The first-order chi connectivity index (χ1) is 9.74. The van der Waals surface area contributed by atoms with Gasteiger partial charge in [-0.3, -0.25) is 4.68 Å². The maximum atomic E-state index is 5.91. The minimum absolute atomic E-state index is 0.605. The van der Waals surface area contributed by atoms with Gasteiger partial charge in [-0.05, 0) is 37.5 Å². The summed E-state index contributed by atoms with van der Waals surface area (Å²) < 4.78 is 7.77. The van der Waals surface area contributed by atoms with E-state index in [1.54, 1.807) is 0 Å². The molecule has 1 aromatic carbocycles. The van der Waals surface area contributed by atoms with Crippen molar-refractivity contribution in [2.45, 2.75) is 39.8 Å². The smallest absolute Gasteiger partial charge is 0.0885 e. The number of aromatic nitrogens is 2. The SMILES string of the molecule is CCc1cc(COCCc2ccccc2N)n(CC)n1. The Morgan fingerprint density at radius 3 is 2.75 bits per heavy atom. The van der Waals surface area contributed by atoms with Gasteiger partial charge in [0.15, 0.2) is 0 Å². The van der Waals surface area contributed by atoms with Gasteiger partial charge < -0.3 is 10.5 Å². The van der Waals surface area contributed by atoms with Crippen molar-refractivity contribution in [2.75, 3.05) is 12.3 Å². The van der Waals surface area contributed by atoms with Crippen LogP contribution in [0.15, 0.2) is 30.3 Å². The van der Waals surface area contributed by atoms with Gasteiger partial charge >= 0.3 is 0 Å². The summed E-state index contributed by atoms with van der Waals surface area (Å²) in [6, 6.07) is 10.1. The zero-order valence-corrected chi connectivity index (χ0v) is 12.3. The van der Waals surface area contributed by atoms with Crippen LogP contribution >= 0.6 is 0 Å². The van der Waals surface area contributed by atoms with E-state index in [1.807, 2.05) is 28.9 Å². The van der Waals surface area contributed by atoms with Crippen LogP contribution in [0.4, 0.5) is 5.69 Å². The predicted octanol–water partition coefficient (Wildman–Crippen LogP) is 2.81. The highest BCUT2D eigenvalue weighted by molar-refractivity contribution is 5.46. The number of rotatable bonds is 7. The molecule has 2 rings (SSSR count). The lowest BCUT2D eigenvalue weighted by Gasteiger charge is -2.07. The van der Waals surface area contributed by atoms with Crippen molar-refractivity contribution in [1.82, 2.24) is 9.78 Å². The van der Waals surface area contributed by atoms with Gasteiger partial charge in [0.25, 0.3) is 0 Å². The van der Waals surface area contributed by atoms with Crippen molar-refractivity contribution in [2.24, 2.45) is 0 Å². The molecular weight excluding hydrogens is 250 g/mol. The van der Waals surface area contributed by atoms with Gasteiger partial charge in [-0.15, -0.1) is 0 Å². The first-order valence-electron chi connectivity index (χ1n) is 7.21. The standard InChI is InChI=1S/C16H23N3O/c1-3-14-11-15(19(4-2)18-14)12-20-10-9-13-7-5-6-8-16(13)17/h5-8,11H,3-4,9-10,12,17H2,1-2H3. The number of ether oxygens (including phenoxy) is 1. The number of benzene rings is 1. The predicted molar refractivity (Wildman–Crippen MR) is 81.5 cm³/mol. The quantitative estimate of drug-likeness (QED) is 0.623. The van der Waals surface area contributed by atoms with Crippen molar-refractivity contribution in [1.29, 1.82) is 0 Å². The molecule has 0 unspecified atom stereocenters. The van der Waals surface area contributed by atoms with Gasteiger partial charge in [0.2, 0.25) is 0 Å². The molecular formula is C16H23N3O. The molecule has 0 aliphatic heterocycles. The summed E-state index contributed by atoms with van der Waals surface area (Å²) in [6.45, 7) is 6.37. The van der Waals surface area contributed by atoms with Gasteiger partial charge in [-0.1, -0.05) is 25.1 Å². The van der Waals surface area contributed by atoms with E-state index in [4.69, 9.17) is 10.5 Å². The molecule has 4 nitrogen and oxygen atoms in total. The number of para-hydroxylation sites is 1. The fourth-order valence-corrected chi connectivity index (χ4v) is 2.20. The lowest BCUT2D eigenvalue weighted by molar-refractivity contribution is 0.118. The molecule has 0 radical (unpaired) electrons. The number of nitrogens with two attached hydrogens (primary N) is 1. The van der Waals surface area contributed by atoms with Gasteiger partial charge in [-0.2, -0.15) is 5.10 Å². The topological polar surface area (TPSA) is 53.1 Å². The highest BCUT2D eigenvalue weighted by atomic mass is 16.5. The first-order valence-corrected chi connectivity index (χ1v) is 7.21. The van der Waals surface area contributed by atoms with Crippen LogP contribution in [-0.4, -0.2) is 16.4 Å². The fourth-order valence-electron chi connectivity index (χ4n) is 2.20. The van der Waals surface area contributed by atoms with Crippen molar-refractivity contribution < 1.29 is 4.74 Å². The highest BCUT2D eigenvalue weighted by Gasteiger charge is 2.05. The molecule has 0 aliphatic carbocycles. The summed E-state index contributed by atoms with van der Waals surface area (Å²) in [5.41, 5.74) is 10.2. The van der Waals surface area contributed by atoms with E-state index in [0.717, 1.165) is 42.0 Å². The Kier molecular flexibility index (Phi) is 5.18. The molecule has 0 atom stereocenters. The summed E-state index contributed by atoms with van der Waals surface area (Å²) in [5.74, 6) is 0. The van der Waals surface area contributed by atoms with E-state index in [9.17, 15) is 0 Å². The molecule has 1 heterocycles. The molecule has 4 heteroatoms. The zero-order chi connectivity index (χ0) is 14.4. The molecule has 2 aromatic rings. The molecule has 0 amide bonds.